The average molecular weight is 370 g/mol. The van der Waals surface area contributed by atoms with Crippen LogP contribution in [0.1, 0.15) is 11.3 Å². The van der Waals surface area contributed by atoms with Crippen LogP contribution in [0.15, 0.2) is 59.3 Å². The molecule has 6 heteroatoms. The second-order valence-corrected chi connectivity index (χ2v) is 5.70. The molecule has 23 heavy (non-hydrogen) atoms. The molecule has 3 nitrogen and oxygen atoms in total. The van der Waals surface area contributed by atoms with Gasteiger partial charge in [-0.05, 0) is 42.0 Å². The summed E-state index contributed by atoms with van der Waals surface area (Å²) in [6.45, 7) is 1.38. The number of pyridine rings is 1. The van der Waals surface area contributed by atoms with Crippen molar-refractivity contribution in [1.82, 2.24) is 10.3 Å². The number of hydrogen-bond donors (Lipinski definition) is 1. The van der Waals surface area contributed by atoms with Crippen molar-refractivity contribution in [3.8, 4) is 11.3 Å². The van der Waals surface area contributed by atoms with Crippen molar-refractivity contribution in [2.24, 2.45) is 0 Å². The topological polar surface area (TPSA) is 38.1 Å². The molecule has 0 aliphatic rings. The van der Waals surface area contributed by atoms with E-state index < -0.39 is 0 Å². The minimum absolute atomic E-state index is 0. The predicted molar refractivity (Wildman–Crippen MR) is 96.2 cm³/mol. The first-order valence-electron chi connectivity index (χ1n) is 6.86. The smallest absolute Gasteiger partial charge is 0.135 e. The maximum Gasteiger partial charge on any atom is 0.135 e. The molecule has 0 saturated heterocycles. The summed E-state index contributed by atoms with van der Waals surface area (Å²) in [5, 5.41) is 4.51. The van der Waals surface area contributed by atoms with Crippen molar-refractivity contribution in [2.45, 2.75) is 13.1 Å². The number of rotatable bonds is 5. The van der Waals surface area contributed by atoms with Crippen molar-refractivity contribution in [3.63, 3.8) is 0 Å². The zero-order chi connectivity index (χ0) is 15.4. The van der Waals surface area contributed by atoms with Crippen molar-refractivity contribution >= 4 is 35.6 Å². The highest BCUT2D eigenvalue weighted by molar-refractivity contribution is 6.36. The molecule has 0 bridgehead atoms. The minimum Gasteiger partial charge on any atom is -0.460 e. The lowest BCUT2D eigenvalue weighted by atomic mass is 10.2. The van der Waals surface area contributed by atoms with Crippen LogP contribution in [0.4, 0.5) is 0 Å². The molecule has 2 aromatic heterocycles. The summed E-state index contributed by atoms with van der Waals surface area (Å²) >= 11 is 12.1. The van der Waals surface area contributed by atoms with E-state index in [0.29, 0.717) is 16.6 Å². The summed E-state index contributed by atoms with van der Waals surface area (Å²) in [7, 11) is 0. The van der Waals surface area contributed by atoms with Crippen LogP contribution in [0.5, 0.6) is 0 Å². The second kappa shape index (κ2) is 8.37. The number of furan rings is 1. The minimum atomic E-state index is 0. The van der Waals surface area contributed by atoms with Gasteiger partial charge in [-0.15, -0.1) is 12.4 Å². The van der Waals surface area contributed by atoms with Gasteiger partial charge in [0.2, 0.25) is 0 Å². The molecule has 0 amide bonds. The molecule has 1 N–H and O–H groups in total. The molecular weight excluding hydrogens is 355 g/mol. The first-order chi connectivity index (χ1) is 10.7. The molecule has 2 heterocycles. The molecule has 120 valence electrons. The molecule has 0 aliphatic carbocycles. The first kappa shape index (κ1) is 17.8. The number of hydrogen-bond acceptors (Lipinski definition) is 3. The molecule has 3 aromatic rings. The van der Waals surface area contributed by atoms with E-state index >= 15 is 0 Å². The van der Waals surface area contributed by atoms with Crippen LogP contribution in [0.3, 0.4) is 0 Å². The second-order valence-electron chi connectivity index (χ2n) is 4.85. The van der Waals surface area contributed by atoms with Gasteiger partial charge in [-0.2, -0.15) is 0 Å². The highest BCUT2D eigenvalue weighted by Gasteiger charge is 2.09. The Morgan fingerprint density at radius 3 is 2.65 bits per heavy atom. The molecule has 0 radical (unpaired) electrons. The highest BCUT2D eigenvalue weighted by Crippen LogP contribution is 2.31. The van der Waals surface area contributed by atoms with Gasteiger partial charge in [-0.3, -0.25) is 4.98 Å². The molecule has 0 aliphatic heterocycles. The summed E-state index contributed by atoms with van der Waals surface area (Å²) in [5.41, 5.74) is 1.97. The van der Waals surface area contributed by atoms with Gasteiger partial charge in [0.15, 0.2) is 0 Å². The van der Waals surface area contributed by atoms with Crippen LogP contribution >= 0.6 is 35.6 Å². The van der Waals surface area contributed by atoms with Gasteiger partial charge in [0.05, 0.1) is 11.6 Å². The van der Waals surface area contributed by atoms with Crippen molar-refractivity contribution in [2.75, 3.05) is 0 Å². The first-order valence-corrected chi connectivity index (χ1v) is 7.62. The fourth-order valence-electron chi connectivity index (χ4n) is 2.14. The maximum absolute atomic E-state index is 6.19. The number of aromatic nitrogens is 1. The Bertz CT molecular complexity index is 760. The van der Waals surface area contributed by atoms with E-state index in [1.54, 1.807) is 18.3 Å². The molecular formula is C17H15Cl3N2O. The molecule has 3 rings (SSSR count). The third-order valence-electron chi connectivity index (χ3n) is 3.21. The Hall–Kier alpha value is -1.52. The van der Waals surface area contributed by atoms with Crippen molar-refractivity contribution < 1.29 is 4.42 Å². The van der Waals surface area contributed by atoms with Gasteiger partial charge in [-0.25, -0.2) is 0 Å². The van der Waals surface area contributed by atoms with E-state index in [2.05, 4.69) is 10.3 Å². The van der Waals surface area contributed by atoms with Crippen LogP contribution in [0.25, 0.3) is 11.3 Å². The van der Waals surface area contributed by atoms with E-state index in [1.807, 2.05) is 36.5 Å². The Morgan fingerprint density at radius 1 is 1.04 bits per heavy atom. The van der Waals surface area contributed by atoms with E-state index in [9.17, 15) is 0 Å². The lowest BCUT2D eigenvalue weighted by Crippen LogP contribution is -2.12. The third-order valence-corrected chi connectivity index (χ3v) is 3.76. The van der Waals surface area contributed by atoms with E-state index in [1.165, 1.54) is 0 Å². The molecule has 1 aromatic carbocycles. The number of halogens is 3. The van der Waals surface area contributed by atoms with Crippen molar-refractivity contribution in [1.29, 1.82) is 0 Å². The highest BCUT2D eigenvalue weighted by atomic mass is 35.5. The summed E-state index contributed by atoms with van der Waals surface area (Å²) in [6.07, 6.45) is 3.60. The van der Waals surface area contributed by atoms with Gasteiger partial charge >= 0.3 is 0 Å². The maximum atomic E-state index is 6.19. The molecule has 0 unspecified atom stereocenters. The number of nitrogens with one attached hydrogen (secondary N) is 1. The normalized spacial score (nSPS) is 10.3. The summed E-state index contributed by atoms with van der Waals surface area (Å²) in [5.74, 6) is 1.59. The lowest BCUT2D eigenvalue weighted by molar-refractivity contribution is 0.493. The SMILES string of the molecule is Cl.Clc1ccc(-c2ccc(CNCc3cccnc3)o2)c(Cl)c1. The monoisotopic (exact) mass is 368 g/mol. The van der Waals surface area contributed by atoms with Gasteiger partial charge < -0.3 is 9.73 Å². The Labute approximate surface area is 151 Å². The Balaban J connectivity index is 0.00000192. The van der Waals surface area contributed by atoms with Gasteiger partial charge in [0, 0.05) is 29.5 Å². The van der Waals surface area contributed by atoms with Gasteiger partial charge in [-0.1, -0.05) is 29.3 Å². The van der Waals surface area contributed by atoms with E-state index in [4.69, 9.17) is 27.6 Å². The number of benzene rings is 1. The van der Waals surface area contributed by atoms with E-state index in [0.717, 1.165) is 29.2 Å². The van der Waals surface area contributed by atoms with Crippen LogP contribution < -0.4 is 5.32 Å². The predicted octanol–water partition coefficient (Wildman–Crippen LogP) is 5.36. The van der Waals surface area contributed by atoms with Crippen LogP contribution in [-0.2, 0) is 13.1 Å². The zero-order valence-corrected chi connectivity index (χ0v) is 14.5. The standard InChI is InChI=1S/C17H14Cl2N2O.ClH/c18-13-3-5-15(16(19)8-13)17-6-4-14(22-17)11-21-10-12-2-1-7-20-9-12;/h1-9,21H,10-11H2;1H. The summed E-state index contributed by atoms with van der Waals surface area (Å²) in [4.78, 5) is 4.08. The van der Waals surface area contributed by atoms with Crippen LogP contribution in [0.2, 0.25) is 10.0 Å². The van der Waals surface area contributed by atoms with Gasteiger partial charge in [0.1, 0.15) is 11.5 Å². The largest absolute Gasteiger partial charge is 0.460 e. The third kappa shape index (κ3) is 4.72. The quantitative estimate of drug-likeness (QED) is 0.658. The van der Waals surface area contributed by atoms with E-state index in [-0.39, 0.29) is 12.4 Å². The Kier molecular flexibility index (Phi) is 6.48. The molecule has 0 atom stereocenters. The average Bonchev–Trinajstić information content (AvgIpc) is 2.97. The molecule has 0 saturated carbocycles. The fraction of sp³-hybridized carbons (Fsp3) is 0.118. The lowest BCUT2D eigenvalue weighted by Gasteiger charge is -2.03. The zero-order valence-electron chi connectivity index (χ0n) is 12.1. The molecule has 0 spiro atoms. The van der Waals surface area contributed by atoms with Crippen LogP contribution in [-0.4, -0.2) is 4.98 Å². The summed E-state index contributed by atoms with van der Waals surface area (Å²) < 4.78 is 5.82. The molecule has 0 fully saturated rings. The van der Waals surface area contributed by atoms with Crippen LogP contribution in [0, 0.1) is 0 Å². The fourth-order valence-corrected chi connectivity index (χ4v) is 2.64. The van der Waals surface area contributed by atoms with Gasteiger partial charge in [0.25, 0.3) is 0 Å². The number of nitrogens with zero attached hydrogens (tertiary/aromatic N) is 1. The summed E-state index contributed by atoms with van der Waals surface area (Å²) in [6, 6.07) is 13.2. The van der Waals surface area contributed by atoms with Crippen molar-refractivity contribution in [3.05, 3.63) is 76.2 Å². The Morgan fingerprint density at radius 2 is 1.91 bits per heavy atom.